The first-order chi connectivity index (χ1) is 18.3. The molecule has 0 fully saturated rings. The minimum Gasteiger partial charge on any atom is -0.377 e. The highest BCUT2D eigenvalue weighted by Gasteiger charge is 2.17. The van der Waals surface area contributed by atoms with Gasteiger partial charge in [-0.3, -0.25) is 9.48 Å². The molecular formula is C27H33Cl2N7O2. The zero-order valence-corrected chi connectivity index (χ0v) is 23.5. The summed E-state index contributed by atoms with van der Waals surface area (Å²) in [6.45, 7) is 5.75. The average Bonchev–Trinajstić information content (AvgIpc) is 3.19. The van der Waals surface area contributed by atoms with Crippen LogP contribution in [0.4, 0.5) is 11.5 Å². The molecule has 4 aromatic rings. The van der Waals surface area contributed by atoms with Crippen LogP contribution in [0.1, 0.15) is 43.0 Å². The molecule has 38 heavy (non-hydrogen) atoms. The number of hydrogen-bond donors (Lipinski definition) is 3. The number of anilines is 2. The third kappa shape index (κ3) is 8.39. The second-order valence-corrected chi connectivity index (χ2v) is 9.57. The van der Waals surface area contributed by atoms with E-state index in [2.05, 4.69) is 53.2 Å². The summed E-state index contributed by atoms with van der Waals surface area (Å²) in [5.41, 5.74) is 12.2. The minimum absolute atomic E-state index is 0.252. The number of hydrazine groups is 1. The van der Waals surface area contributed by atoms with Crippen LogP contribution in [0.2, 0.25) is 10.3 Å². The van der Waals surface area contributed by atoms with Crippen LogP contribution < -0.4 is 16.2 Å². The van der Waals surface area contributed by atoms with Crippen LogP contribution >= 0.6 is 23.2 Å². The molecule has 0 unspecified atom stereocenters. The van der Waals surface area contributed by atoms with Gasteiger partial charge in [0.05, 0.1) is 17.8 Å². The van der Waals surface area contributed by atoms with E-state index < -0.39 is 0 Å². The van der Waals surface area contributed by atoms with E-state index in [0.29, 0.717) is 31.2 Å². The maximum Gasteiger partial charge on any atom is 0.211 e. The number of benzene rings is 1. The van der Waals surface area contributed by atoms with Crippen LogP contribution in [-0.2, 0) is 29.6 Å². The Morgan fingerprint density at radius 3 is 2.42 bits per heavy atom. The highest BCUT2D eigenvalue weighted by Crippen LogP contribution is 2.29. The van der Waals surface area contributed by atoms with E-state index in [9.17, 15) is 4.79 Å². The molecule has 0 aliphatic carbocycles. The Labute approximate surface area is 232 Å². The molecule has 3 heterocycles. The largest absolute Gasteiger partial charge is 0.377 e. The molecule has 0 saturated carbocycles. The van der Waals surface area contributed by atoms with Crippen molar-refractivity contribution in [3.8, 4) is 0 Å². The zero-order valence-electron chi connectivity index (χ0n) is 22.0. The van der Waals surface area contributed by atoms with Crippen molar-refractivity contribution < 1.29 is 9.53 Å². The van der Waals surface area contributed by atoms with Gasteiger partial charge in [0.25, 0.3) is 0 Å². The van der Waals surface area contributed by atoms with Crippen LogP contribution in [0, 0.1) is 0 Å². The average molecular weight is 559 g/mol. The summed E-state index contributed by atoms with van der Waals surface area (Å²) in [5, 5.41) is 7.64. The quantitative estimate of drug-likeness (QED) is 0.0933. The van der Waals surface area contributed by atoms with Gasteiger partial charge in [-0.05, 0) is 48.1 Å². The molecule has 1 amide bonds. The first-order valence-electron chi connectivity index (χ1n) is 12.3. The maximum absolute atomic E-state index is 9.98. The van der Waals surface area contributed by atoms with Gasteiger partial charge in [0, 0.05) is 26.4 Å². The highest BCUT2D eigenvalue weighted by molar-refractivity contribution is 6.32. The first kappa shape index (κ1) is 29.3. The third-order valence-corrected chi connectivity index (χ3v) is 5.95. The van der Waals surface area contributed by atoms with E-state index in [1.807, 2.05) is 37.0 Å². The van der Waals surface area contributed by atoms with E-state index in [1.165, 1.54) is 23.3 Å². The van der Waals surface area contributed by atoms with Gasteiger partial charge in [-0.15, -0.1) is 0 Å². The second-order valence-electron chi connectivity index (χ2n) is 8.80. The van der Waals surface area contributed by atoms with E-state index in [-0.39, 0.29) is 10.3 Å². The molecule has 0 atom stereocenters. The molecule has 0 saturated heterocycles. The second kappa shape index (κ2) is 14.6. The summed E-state index contributed by atoms with van der Waals surface area (Å²) >= 11 is 11.1. The topological polar surface area (TPSA) is 106 Å². The fraction of sp³-hybridized carbons (Fsp3) is 0.333. The number of amides is 1. The van der Waals surface area contributed by atoms with Crippen molar-refractivity contribution in [3.63, 3.8) is 0 Å². The molecule has 0 aliphatic rings. The monoisotopic (exact) mass is 557 g/mol. The number of carbonyl (C=O) groups excluding carboxylic acids is 1. The first-order valence-corrected chi connectivity index (χ1v) is 13.0. The molecule has 0 bridgehead atoms. The number of nitrogens with one attached hydrogen (secondary N) is 3. The summed E-state index contributed by atoms with van der Waals surface area (Å²) in [6.07, 6.45) is 2.31. The smallest absolute Gasteiger partial charge is 0.211 e. The number of halogens is 2. The minimum atomic E-state index is 0.252. The molecular weight excluding hydrogens is 525 g/mol. The Morgan fingerprint density at radius 2 is 1.79 bits per heavy atom. The lowest BCUT2D eigenvalue weighted by molar-refractivity contribution is -0.105. The fourth-order valence-electron chi connectivity index (χ4n) is 3.90. The van der Waals surface area contributed by atoms with Gasteiger partial charge in [0.2, 0.25) is 6.41 Å². The number of pyridine rings is 2. The Balaban J connectivity index is 0.000000304. The Hall–Kier alpha value is -3.24. The third-order valence-electron chi connectivity index (χ3n) is 5.57. The van der Waals surface area contributed by atoms with Gasteiger partial charge in [-0.2, -0.15) is 5.10 Å². The lowest BCUT2D eigenvalue weighted by atomic mass is 10.0. The van der Waals surface area contributed by atoms with E-state index in [4.69, 9.17) is 38.0 Å². The lowest BCUT2D eigenvalue weighted by Gasteiger charge is -2.12. The number of carbonyl (C=O) groups is 1. The van der Waals surface area contributed by atoms with Gasteiger partial charge in [0.1, 0.15) is 21.6 Å². The van der Waals surface area contributed by atoms with Crippen molar-refractivity contribution in [1.29, 1.82) is 0 Å². The van der Waals surface area contributed by atoms with E-state index in [0.717, 1.165) is 35.4 Å². The zero-order chi connectivity index (χ0) is 27.5. The van der Waals surface area contributed by atoms with Crippen molar-refractivity contribution in [2.45, 2.75) is 39.2 Å². The van der Waals surface area contributed by atoms with Crippen molar-refractivity contribution in [2.24, 2.45) is 7.05 Å². The molecule has 0 radical (unpaired) electrons. The molecule has 4 rings (SSSR count). The highest BCUT2D eigenvalue weighted by atomic mass is 35.5. The van der Waals surface area contributed by atoms with Crippen molar-refractivity contribution >= 4 is 52.2 Å². The van der Waals surface area contributed by atoms with Crippen LogP contribution in [0.15, 0.2) is 48.5 Å². The molecule has 3 N–H and O–H groups in total. The van der Waals surface area contributed by atoms with Crippen molar-refractivity contribution in [3.05, 3.63) is 75.7 Å². The standard InChI is InChI=1S/C21H29N5O.C6H4Cl2N2O/c1-15(2)17-13-19(24-22-3)23-20-18(25-26(4)21(17)20)11-8-12-27-14-16-9-6-5-7-10-16;7-5-1-4(9-3-11)2-6(8)10-5/h5-7,9-10,13,15,22H,8,11-12,14H2,1-4H3,(H,23,24);1-3H,(H,9,10,11). The molecule has 9 nitrogen and oxygen atoms in total. The fourth-order valence-corrected chi connectivity index (χ4v) is 4.36. The number of fused-ring (bicyclic) bond motifs is 1. The molecule has 202 valence electrons. The molecule has 0 aliphatic heterocycles. The van der Waals surface area contributed by atoms with Gasteiger partial charge in [0.15, 0.2) is 0 Å². The van der Waals surface area contributed by atoms with Crippen LogP contribution in [0.5, 0.6) is 0 Å². The summed E-state index contributed by atoms with van der Waals surface area (Å²) in [7, 11) is 3.84. The summed E-state index contributed by atoms with van der Waals surface area (Å²) < 4.78 is 7.77. The molecule has 3 aromatic heterocycles. The maximum atomic E-state index is 9.98. The van der Waals surface area contributed by atoms with Crippen molar-refractivity contribution in [1.82, 2.24) is 25.2 Å². The number of aryl methyl sites for hydroxylation is 2. The van der Waals surface area contributed by atoms with Gasteiger partial charge < -0.3 is 15.5 Å². The Morgan fingerprint density at radius 1 is 1.08 bits per heavy atom. The number of hydrogen-bond acceptors (Lipinski definition) is 7. The molecule has 11 heteroatoms. The van der Waals surface area contributed by atoms with Crippen molar-refractivity contribution in [2.75, 3.05) is 24.4 Å². The number of rotatable bonds is 11. The summed E-state index contributed by atoms with van der Waals surface area (Å²) in [5.74, 6) is 1.22. The molecule has 1 aromatic carbocycles. The van der Waals surface area contributed by atoms with E-state index >= 15 is 0 Å². The number of nitrogens with zero attached hydrogens (tertiary/aromatic N) is 4. The normalized spacial score (nSPS) is 10.8. The SMILES string of the molecule is CNNc1cc(C(C)C)c2c(n1)c(CCCOCc1ccccc1)nn2C.O=CNc1cc(Cl)nc(Cl)c1. The van der Waals surface area contributed by atoms with Crippen LogP contribution in [0.25, 0.3) is 11.0 Å². The van der Waals surface area contributed by atoms with Crippen LogP contribution in [-0.4, -0.2) is 39.8 Å². The van der Waals surface area contributed by atoms with Gasteiger partial charge in [-0.25, -0.2) is 15.4 Å². The van der Waals surface area contributed by atoms with Crippen LogP contribution in [0.3, 0.4) is 0 Å². The summed E-state index contributed by atoms with van der Waals surface area (Å²) in [6, 6.07) is 15.4. The van der Waals surface area contributed by atoms with Gasteiger partial charge in [-0.1, -0.05) is 67.4 Å². The predicted molar refractivity (Wildman–Crippen MR) is 154 cm³/mol. The predicted octanol–water partition coefficient (Wildman–Crippen LogP) is 5.74. The molecule has 0 spiro atoms. The Bertz CT molecular complexity index is 1310. The van der Waals surface area contributed by atoms with E-state index in [1.54, 1.807) is 0 Å². The van der Waals surface area contributed by atoms with Gasteiger partial charge >= 0.3 is 0 Å². The Kier molecular flexibility index (Phi) is 11.3. The summed E-state index contributed by atoms with van der Waals surface area (Å²) in [4.78, 5) is 18.4. The number of ether oxygens (including phenoxy) is 1. The lowest BCUT2D eigenvalue weighted by Crippen LogP contribution is -2.16. The number of aromatic nitrogens is 4.